The molecule has 0 aromatic carbocycles. The van der Waals surface area contributed by atoms with Gasteiger partial charge in [-0.15, -0.1) is 0 Å². The first-order valence-corrected chi connectivity index (χ1v) is 7.24. The molecule has 0 spiro atoms. The van der Waals surface area contributed by atoms with E-state index >= 15 is 0 Å². The number of piperidine rings is 1. The summed E-state index contributed by atoms with van der Waals surface area (Å²) < 4.78 is 4.73. The van der Waals surface area contributed by atoms with Gasteiger partial charge in [0.05, 0.1) is 13.5 Å². The number of hydrogen-bond acceptors (Lipinski definition) is 4. The molecule has 108 valence electrons. The molecule has 1 heterocycles. The van der Waals surface area contributed by atoms with Crippen molar-refractivity contribution in [2.45, 2.75) is 57.0 Å². The van der Waals surface area contributed by atoms with Crippen molar-refractivity contribution < 1.29 is 14.3 Å². The topological polar surface area (TPSA) is 72.6 Å². The van der Waals surface area contributed by atoms with Gasteiger partial charge < -0.3 is 15.4 Å². The molecule has 1 amide bonds. The number of nitrogens with two attached hydrogens (primary N) is 1. The molecule has 3 atom stereocenters. The summed E-state index contributed by atoms with van der Waals surface area (Å²) in [7, 11) is 1.40. The van der Waals surface area contributed by atoms with Crippen molar-refractivity contribution in [2.75, 3.05) is 13.7 Å². The van der Waals surface area contributed by atoms with Crippen LogP contribution in [0.1, 0.15) is 44.9 Å². The number of likely N-dealkylation sites (tertiary alicyclic amines) is 1. The summed E-state index contributed by atoms with van der Waals surface area (Å²) in [5.74, 6) is 0.0302. The summed E-state index contributed by atoms with van der Waals surface area (Å²) in [5, 5.41) is 0. The molecule has 0 aromatic rings. The molecular weight excluding hydrogens is 244 g/mol. The zero-order valence-electron chi connectivity index (χ0n) is 11.6. The van der Waals surface area contributed by atoms with Crippen molar-refractivity contribution in [3.8, 4) is 0 Å². The molecule has 0 bridgehead atoms. The summed E-state index contributed by atoms with van der Waals surface area (Å²) in [5.41, 5.74) is 5.88. The number of hydrogen-bond donors (Lipinski definition) is 1. The van der Waals surface area contributed by atoms with Crippen molar-refractivity contribution in [2.24, 2.45) is 11.7 Å². The van der Waals surface area contributed by atoms with E-state index in [1.165, 1.54) is 7.11 Å². The first-order chi connectivity index (χ1) is 9.11. The van der Waals surface area contributed by atoms with Crippen LogP contribution in [0, 0.1) is 5.92 Å². The average molecular weight is 268 g/mol. The lowest BCUT2D eigenvalue weighted by Gasteiger charge is -2.36. The summed E-state index contributed by atoms with van der Waals surface area (Å²) in [6.45, 7) is 0.770. The molecule has 1 saturated carbocycles. The van der Waals surface area contributed by atoms with Crippen LogP contribution in [0.25, 0.3) is 0 Å². The number of carbonyl (C=O) groups excluding carboxylic acids is 2. The molecule has 5 nitrogen and oxygen atoms in total. The van der Waals surface area contributed by atoms with E-state index in [9.17, 15) is 9.59 Å². The zero-order valence-corrected chi connectivity index (χ0v) is 11.6. The standard InChI is InChI=1S/C14H24N2O3/c1-19-13(17)9-12-4-2-3-7-16(12)14(18)10-5-6-11(15)8-10/h10-12H,2-9,15H2,1H3. The van der Waals surface area contributed by atoms with Gasteiger partial charge in [0.2, 0.25) is 5.91 Å². The van der Waals surface area contributed by atoms with E-state index in [-0.39, 0.29) is 29.9 Å². The summed E-state index contributed by atoms with van der Waals surface area (Å²) >= 11 is 0. The summed E-state index contributed by atoms with van der Waals surface area (Å²) in [6.07, 6.45) is 5.95. The molecule has 19 heavy (non-hydrogen) atoms. The third kappa shape index (κ3) is 3.47. The zero-order chi connectivity index (χ0) is 13.8. The van der Waals surface area contributed by atoms with Gasteiger partial charge in [0.25, 0.3) is 0 Å². The Balaban J connectivity index is 1.98. The number of carbonyl (C=O) groups is 2. The van der Waals surface area contributed by atoms with E-state index in [1.807, 2.05) is 4.90 Å². The van der Waals surface area contributed by atoms with Gasteiger partial charge in [0, 0.05) is 24.5 Å². The predicted molar refractivity (Wildman–Crippen MR) is 71.3 cm³/mol. The molecule has 0 aromatic heterocycles. The fraction of sp³-hybridized carbons (Fsp3) is 0.857. The first-order valence-electron chi connectivity index (χ1n) is 7.24. The fourth-order valence-corrected chi connectivity index (χ4v) is 3.25. The van der Waals surface area contributed by atoms with Gasteiger partial charge in [-0.05, 0) is 38.5 Å². The first kappa shape index (κ1) is 14.3. The smallest absolute Gasteiger partial charge is 0.307 e. The van der Waals surface area contributed by atoms with Gasteiger partial charge in [-0.2, -0.15) is 0 Å². The summed E-state index contributed by atoms with van der Waals surface area (Å²) in [4.78, 5) is 25.9. The SMILES string of the molecule is COC(=O)CC1CCCCN1C(=O)C1CCC(N)C1. The Morgan fingerprint density at radius 3 is 2.68 bits per heavy atom. The minimum absolute atomic E-state index is 0.0190. The highest BCUT2D eigenvalue weighted by atomic mass is 16.5. The normalized spacial score (nSPS) is 31.3. The molecule has 1 saturated heterocycles. The van der Waals surface area contributed by atoms with E-state index in [2.05, 4.69) is 0 Å². The van der Waals surface area contributed by atoms with Crippen LogP contribution in [0.2, 0.25) is 0 Å². The lowest BCUT2D eigenvalue weighted by Crippen LogP contribution is -2.47. The lowest BCUT2D eigenvalue weighted by molar-refractivity contribution is -0.146. The lowest BCUT2D eigenvalue weighted by atomic mass is 9.96. The molecule has 3 unspecified atom stereocenters. The van der Waals surface area contributed by atoms with Gasteiger partial charge in [0.1, 0.15) is 0 Å². The third-order valence-electron chi connectivity index (χ3n) is 4.36. The molecule has 0 radical (unpaired) electrons. The Kier molecular flexibility index (Phi) is 4.80. The van der Waals surface area contributed by atoms with E-state index in [1.54, 1.807) is 0 Å². The van der Waals surface area contributed by atoms with Gasteiger partial charge >= 0.3 is 5.97 Å². The van der Waals surface area contributed by atoms with Gasteiger partial charge in [-0.25, -0.2) is 0 Å². The second-order valence-electron chi connectivity index (χ2n) is 5.73. The van der Waals surface area contributed by atoms with E-state index in [0.717, 1.165) is 45.1 Å². The third-order valence-corrected chi connectivity index (χ3v) is 4.36. The number of amides is 1. The highest BCUT2D eigenvalue weighted by Crippen LogP contribution is 2.29. The highest BCUT2D eigenvalue weighted by Gasteiger charge is 2.35. The Morgan fingerprint density at radius 2 is 2.05 bits per heavy atom. The Hall–Kier alpha value is -1.10. The number of esters is 1. The monoisotopic (exact) mass is 268 g/mol. The van der Waals surface area contributed by atoms with Gasteiger partial charge in [-0.1, -0.05) is 0 Å². The van der Waals surface area contributed by atoms with Crippen LogP contribution < -0.4 is 5.73 Å². The maximum absolute atomic E-state index is 12.5. The largest absolute Gasteiger partial charge is 0.469 e. The van der Waals surface area contributed by atoms with Gasteiger partial charge in [-0.3, -0.25) is 9.59 Å². The second kappa shape index (κ2) is 6.37. The minimum Gasteiger partial charge on any atom is -0.469 e. The molecule has 2 N–H and O–H groups in total. The van der Waals surface area contributed by atoms with Crippen LogP contribution in [-0.2, 0) is 14.3 Å². The van der Waals surface area contributed by atoms with Crippen LogP contribution in [-0.4, -0.2) is 42.5 Å². The van der Waals surface area contributed by atoms with Crippen molar-refractivity contribution in [3.63, 3.8) is 0 Å². The molecule has 2 fully saturated rings. The van der Waals surface area contributed by atoms with E-state index < -0.39 is 0 Å². The van der Waals surface area contributed by atoms with Crippen molar-refractivity contribution >= 4 is 11.9 Å². The van der Waals surface area contributed by atoms with Crippen molar-refractivity contribution in [1.29, 1.82) is 0 Å². The molecular formula is C14H24N2O3. The molecule has 1 aliphatic carbocycles. The Labute approximate surface area is 114 Å². The average Bonchev–Trinajstić information content (AvgIpc) is 2.85. The number of nitrogens with zero attached hydrogens (tertiary/aromatic N) is 1. The molecule has 2 aliphatic rings. The van der Waals surface area contributed by atoms with Gasteiger partial charge in [0.15, 0.2) is 0 Å². The second-order valence-corrected chi connectivity index (χ2v) is 5.73. The maximum atomic E-state index is 12.5. The van der Waals surface area contributed by atoms with Crippen LogP contribution in [0.4, 0.5) is 0 Å². The minimum atomic E-state index is -0.229. The maximum Gasteiger partial charge on any atom is 0.307 e. The Morgan fingerprint density at radius 1 is 1.26 bits per heavy atom. The predicted octanol–water partition coefficient (Wildman–Crippen LogP) is 1.06. The van der Waals surface area contributed by atoms with E-state index in [4.69, 9.17) is 10.5 Å². The van der Waals surface area contributed by atoms with Crippen molar-refractivity contribution in [3.05, 3.63) is 0 Å². The van der Waals surface area contributed by atoms with Crippen molar-refractivity contribution in [1.82, 2.24) is 4.90 Å². The van der Waals surface area contributed by atoms with Crippen LogP contribution in [0.3, 0.4) is 0 Å². The van der Waals surface area contributed by atoms with Crippen LogP contribution in [0.5, 0.6) is 0 Å². The fourth-order valence-electron chi connectivity index (χ4n) is 3.25. The molecule has 2 rings (SSSR count). The molecule has 1 aliphatic heterocycles. The van der Waals surface area contributed by atoms with Crippen LogP contribution in [0.15, 0.2) is 0 Å². The Bertz CT molecular complexity index is 346. The quantitative estimate of drug-likeness (QED) is 0.777. The van der Waals surface area contributed by atoms with E-state index in [0.29, 0.717) is 6.42 Å². The molecule has 5 heteroatoms. The number of rotatable bonds is 3. The highest BCUT2D eigenvalue weighted by molar-refractivity contribution is 5.80. The van der Waals surface area contributed by atoms with Crippen LogP contribution >= 0.6 is 0 Å². The number of methoxy groups -OCH3 is 1. The summed E-state index contributed by atoms with van der Waals surface area (Å²) in [6, 6.07) is 0.184. The number of ether oxygens (including phenoxy) is 1.